The van der Waals surface area contributed by atoms with Crippen LogP contribution in [0, 0.1) is 17.8 Å². The third-order valence-electron chi connectivity index (χ3n) is 6.55. The van der Waals surface area contributed by atoms with Crippen molar-refractivity contribution in [2.45, 2.75) is 25.7 Å². The first-order valence-electron chi connectivity index (χ1n) is 10.3. The molecule has 0 N–H and O–H groups in total. The van der Waals surface area contributed by atoms with Gasteiger partial charge in [0.05, 0.1) is 12.0 Å². The minimum Gasteiger partial charge on any atom is -0.381 e. The highest BCUT2D eigenvalue weighted by molar-refractivity contribution is 5.88. The van der Waals surface area contributed by atoms with Gasteiger partial charge >= 0.3 is 0 Å². The molecule has 3 atom stereocenters. The highest BCUT2D eigenvalue weighted by Gasteiger charge is 2.56. The second-order valence-electron chi connectivity index (χ2n) is 8.23. The molecule has 1 aliphatic carbocycles. The molecule has 1 aromatic heterocycles. The van der Waals surface area contributed by atoms with Crippen molar-refractivity contribution in [3.05, 3.63) is 24.3 Å². The fourth-order valence-corrected chi connectivity index (χ4v) is 4.96. The van der Waals surface area contributed by atoms with Crippen molar-refractivity contribution in [1.29, 1.82) is 0 Å². The van der Waals surface area contributed by atoms with Crippen LogP contribution in [0.25, 0.3) is 11.0 Å². The van der Waals surface area contributed by atoms with E-state index < -0.39 is 0 Å². The van der Waals surface area contributed by atoms with E-state index in [0.717, 1.165) is 60.8 Å². The molecule has 0 spiro atoms. The Hall–Kier alpha value is -1.59. The van der Waals surface area contributed by atoms with Gasteiger partial charge in [-0.1, -0.05) is 23.7 Å². The monoisotopic (exact) mass is 355 g/mol. The molecule has 2 saturated heterocycles. The van der Waals surface area contributed by atoms with Crippen LogP contribution in [-0.4, -0.2) is 56.0 Å². The molecule has 0 amide bonds. The number of nitrogens with zero attached hydrogens (tertiary/aromatic N) is 3. The molecular formula is C21H29N3O2. The number of fused-ring (bicyclic) bond motifs is 2. The van der Waals surface area contributed by atoms with Crippen molar-refractivity contribution >= 4 is 16.8 Å². The minimum atomic E-state index is 0.763. The quantitative estimate of drug-likeness (QED) is 0.712. The fraction of sp³-hybridized carbons (Fsp3) is 0.667. The van der Waals surface area contributed by atoms with Crippen molar-refractivity contribution < 1.29 is 9.26 Å². The molecule has 0 bridgehead atoms. The van der Waals surface area contributed by atoms with Crippen molar-refractivity contribution in [3.8, 4) is 0 Å². The first kappa shape index (κ1) is 16.6. The predicted octanol–water partition coefficient (Wildman–Crippen LogP) is 3.40. The van der Waals surface area contributed by atoms with E-state index >= 15 is 0 Å². The van der Waals surface area contributed by atoms with Gasteiger partial charge in [0, 0.05) is 26.2 Å². The van der Waals surface area contributed by atoms with E-state index in [1.807, 2.05) is 12.1 Å². The van der Waals surface area contributed by atoms with Gasteiger partial charge in [-0.15, -0.1) is 0 Å². The third kappa shape index (κ3) is 3.23. The summed E-state index contributed by atoms with van der Waals surface area (Å²) in [5.74, 6) is 3.36. The molecule has 140 valence electrons. The molecule has 26 heavy (non-hydrogen) atoms. The maximum Gasteiger partial charge on any atom is 0.179 e. The van der Waals surface area contributed by atoms with Crippen LogP contribution < -0.4 is 4.90 Å². The lowest BCUT2D eigenvalue weighted by Crippen LogP contribution is -2.31. The van der Waals surface area contributed by atoms with Crippen LogP contribution in [0.2, 0.25) is 0 Å². The van der Waals surface area contributed by atoms with Gasteiger partial charge < -0.3 is 19.1 Å². The zero-order chi connectivity index (χ0) is 17.3. The molecule has 5 heteroatoms. The lowest BCUT2D eigenvalue weighted by atomic mass is 10.1. The normalized spacial score (nSPS) is 28.6. The molecule has 2 aliphatic heterocycles. The van der Waals surface area contributed by atoms with E-state index in [1.165, 1.54) is 45.3 Å². The van der Waals surface area contributed by atoms with Gasteiger partial charge in [-0.05, 0) is 62.2 Å². The Labute approximate surface area is 155 Å². The average Bonchev–Trinajstić information content (AvgIpc) is 3.05. The first-order chi connectivity index (χ1) is 12.9. The van der Waals surface area contributed by atoms with Gasteiger partial charge in [-0.25, -0.2) is 0 Å². The van der Waals surface area contributed by atoms with E-state index in [1.54, 1.807) is 0 Å². The number of anilines is 1. The molecule has 5 nitrogen and oxygen atoms in total. The lowest BCUT2D eigenvalue weighted by Gasteiger charge is -2.26. The zero-order valence-corrected chi connectivity index (χ0v) is 15.5. The Kier molecular flexibility index (Phi) is 4.59. The molecule has 3 heterocycles. The number of ether oxygens (including phenoxy) is 1. The van der Waals surface area contributed by atoms with Gasteiger partial charge in [-0.3, -0.25) is 0 Å². The summed E-state index contributed by atoms with van der Waals surface area (Å²) in [6, 6.07) is 8.15. The highest BCUT2D eigenvalue weighted by Crippen LogP contribution is 2.53. The van der Waals surface area contributed by atoms with Crippen molar-refractivity contribution in [2.24, 2.45) is 17.8 Å². The molecule has 2 aromatic rings. The molecule has 0 unspecified atom stereocenters. The van der Waals surface area contributed by atoms with Gasteiger partial charge in [-0.2, -0.15) is 0 Å². The van der Waals surface area contributed by atoms with Crippen molar-refractivity contribution in [3.63, 3.8) is 0 Å². The smallest absolute Gasteiger partial charge is 0.179 e. The maximum atomic E-state index is 6.00. The van der Waals surface area contributed by atoms with Gasteiger partial charge in [0.15, 0.2) is 11.4 Å². The standard InChI is InChI=1S/C21H29N3O2/c1-4-9-23(10-5-1)11-6-12-25-15-19-17-13-24(14-18(17)19)21-16-7-2-3-8-20(16)26-22-21/h2-3,7-8,17-19H,1,4-6,9-15H2/t17-,18+,19-. The molecule has 1 aromatic carbocycles. The summed E-state index contributed by atoms with van der Waals surface area (Å²) in [4.78, 5) is 4.99. The molecule has 0 radical (unpaired) electrons. The molecular weight excluding hydrogens is 326 g/mol. The Morgan fingerprint density at radius 2 is 1.88 bits per heavy atom. The van der Waals surface area contributed by atoms with Crippen LogP contribution in [0.3, 0.4) is 0 Å². The average molecular weight is 355 g/mol. The molecule has 1 saturated carbocycles. The van der Waals surface area contributed by atoms with Gasteiger partial charge in [0.25, 0.3) is 0 Å². The summed E-state index contributed by atoms with van der Waals surface area (Å²) in [5.41, 5.74) is 0.886. The van der Waals surface area contributed by atoms with Crippen LogP contribution in [0.5, 0.6) is 0 Å². The van der Waals surface area contributed by atoms with Crippen LogP contribution in [-0.2, 0) is 4.74 Å². The predicted molar refractivity (Wildman–Crippen MR) is 102 cm³/mol. The zero-order valence-electron chi connectivity index (χ0n) is 15.5. The summed E-state index contributed by atoms with van der Waals surface area (Å²) in [7, 11) is 0. The summed E-state index contributed by atoms with van der Waals surface area (Å²) in [6.07, 6.45) is 5.35. The van der Waals surface area contributed by atoms with Gasteiger partial charge in [0.2, 0.25) is 0 Å². The second-order valence-corrected chi connectivity index (χ2v) is 8.23. The number of benzene rings is 1. The largest absolute Gasteiger partial charge is 0.381 e. The molecule has 5 rings (SSSR count). The summed E-state index contributed by atoms with van der Waals surface area (Å²) < 4.78 is 11.5. The molecule has 3 aliphatic rings. The molecule has 3 fully saturated rings. The Bertz CT molecular complexity index is 728. The number of hydrogen-bond donors (Lipinski definition) is 0. The minimum absolute atomic E-state index is 0.763. The Morgan fingerprint density at radius 1 is 1.08 bits per heavy atom. The van der Waals surface area contributed by atoms with Crippen molar-refractivity contribution in [1.82, 2.24) is 10.1 Å². The number of likely N-dealkylation sites (tertiary alicyclic amines) is 1. The van der Waals surface area contributed by atoms with Crippen LogP contribution in [0.15, 0.2) is 28.8 Å². The van der Waals surface area contributed by atoms with E-state index in [-0.39, 0.29) is 0 Å². The highest BCUT2D eigenvalue weighted by atomic mass is 16.5. The van der Waals surface area contributed by atoms with Crippen LogP contribution in [0.4, 0.5) is 5.82 Å². The van der Waals surface area contributed by atoms with E-state index in [2.05, 4.69) is 27.1 Å². The Balaban J connectivity index is 1.03. The topological polar surface area (TPSA) is 41.7 Å². The first-order valence-corrected chi connectivity index (χ1v) is 10.3. The fourth-order valence-electron chi connectivity index (χ4n) is 4.96. The van der Waals surface area contributed by atoms with Crippen LogP contribution in [0.1, 0.15) is 25.7 Å². The third-order valence-corrected chi connectivity index (χ3v) is 6.55. The number of para-hydroxylation sites is 1. The lowest BCUT2D eigenvalue weighted by molar-refractivity contribution is 0.103. The van der Waals surface area contributed by atoms with Crippen LogP contribution >= 0.6 is 0 Å². The van der Waals surface area contributed by atoms with Crippen molar-refractivity contribution in [2.75, 3.05) is 50.8 Å². The Morgan fingerprint density at radius 3 is 2.73 bits per heavy atom. The summed E-state index contributed by atoms with van der Waals surface area (Å²) in [5, 5.41) is 5.44. The van der Waals surface area contributed by atoms with E-state index in [9.17, 15) is 0 Å². The number of aromatic nitrogens is 1. The SMILES string of the molecule is c1ccc2c(N3C[C@@H]4[C@H](COCCCN5CCCCC5)[C@@H]4C3)noc2c1. The second kappa shape index (κ2) is 7.20. The number of hydrogen-bond acceptors (Lipinski definition) is 5. The number of rotatable bonds is 7. The van der Waals surface area contributed by atoms with E-state index in [0.29, 0.717) is 0 Å². The summed E-state index contributed by atoms with van der Waals surface area (Å²) >= 11 is 0. The number of piperidine rings is 2. The summed E-state index contributed by atoms with van der Waals surface area (Å²) in [6.45, 7) is 7.86. The maximum absolute atomic E-state index is 6.00. The van der Waals surface area contributed by atoms with Gasteiger partial charge in [0.1, 0.15) is 0 Å². The van der Waals surface area contributed by atoms with E-state index in [4.69, 9.17) is 9.26 Å².